The second-order valence-electron chi connectivity index (χ2n) is 14.8. The largest absolute Gasteiger partial charge is 0.481 e. The molecule has 2 aliphatic carbocycles. The van der Waals surface area contributed by atoms with Gasteiger partial charge in [0.2, 0.25) is 17.8 Å². The van der Waals surface area contributed by atoms with Crippen LogP contribution in [0.25, 0.3) is 10.9 Å². The van der Waals surface area contributed by atoms with Gasteiger partial charge in [0.05, 0.1) is 23.4 Å². The van der Waals surface area contributed by atoms with E-state index in [0.29, 0.717) is 47.9 Å². The monoisotopic (exact) mass is 708 g/mol. The van der Waals surface area contributed by atoms with Crippen LogP contribution in [0.15, 0.2) is 53.7 Å². The number of imide groups is 1. The maximum atomic E-state index is 13.5. The fourth-order valence-electron chi connectivity index (χ4n) is 7.43. The van der Waals surface area contributed by atoms with Crippen LogP contribution < -0.4 is 31.1 Å². The first-order chi connectivity index (χ1) is 25.1. The lowest BCUT2D eigenvalue weighted by Gasteiger charge is -2.39. The van der Waals surface area contributed by atoms with Gasteiger partial charge in [-0.1, -0.05) is 0 Å². The predicted octanol–water partition coefficient (Wildman–Crippen LogP) is 3.50. The van der Waals surface area contributed by atoms with Crippen LogP contribution >= 0.6 is 0 Å². The lowest BCUT2D eigenvalue weighted by Crippen LogP contribution is -2.50. The third-order valence-electron chi connectivity index (χ3n) is 10.9. The molecule has 1 unspecified atom stereocenters. The minimum absolute atomic E-state index is 0.0117. The lowest BCUT2D eigenvalue weighted by atomic mass is 9.85. The van der Waals surface area contributed by atoms with E-state index in [9.17, 15) is 19.2 Å². The van der Waals surface area contributed by atoms with Gasteiger partial charge in [0, 0.05) is 75.6 Å². The highest BCUT2D eigenvalue weighted by Crippen LogP contribution is 2.39. The highest BCUT2D eigenvalue weighted by Gasteiger charge is 2.38. The first-order valence-electron chi connectivity index (χ1n) is 18.2. The topological polar surface area (TPSA) is 169 Å². The normalized spacial score (nSPS) is 22.9. The minimum Gasteiger partial charge on any atom is -0.481 e. The van der Waals surface area contributed by atoms with Gasteiger partial charge in [-0.2, -0.15) is 10.1 Å². The summed E-state index contributed by atoms with van der Waals surface area (Å²) >= 11 is 0. The average molecular weight is 709 g/mol. The number of amides is 3. The molecule has 0 radical (unpaired) electrons. The summed E-state index contributed by atoms with van der Waals surface area (Å²) in [6, 6.07) is 9.66. The van der Waals surface area contributed by atoms with E-state index in [1.54, 1.807) is 24.0 Å². The number of hydrogen-bond acceptors (Lipinski definition) is 11. The molecule has 52 heavy (non-hydrogen) atoms. The molecule has 15 nitrogen and oxygen atoms in total. The summed E-state index contributed by atoms with van der Waals surface area (Å²) in [6.45, 7) is 4.95. The van der Waals surface area contributed by atoms with Gasteiger partial charge >= 0.3 is 0 Å². The number of nitrogens with zero attached hydrogens (tertiary/aromatic N) is 7. The van der Waals surface area contributed by atoms with Crippen molar-refractivity contribution in [2.45, 2.75) is 76.0 Å². The van der Waals surface area contributed by atoms with E-state index in [-0.39, 0.29) is 41.3 Å². The fourth-order valence-corrected chi connectivity index (χ4v) is 7.43. The molecule has 2 aliphatic heterocycles. The third kappa shape index (κ3) is 7.03. The number of nitrogens with one attached hydrogen (secondary N) is 3. The number of carbonyl (C=O) groups excluding carboxylic acids is 3. The van der Waals surface area contributed by atoms with Crippen molar-refractivity contribution < 1.29 is 19.1 Å². The number of piperazine rings is 1. The highest BCUT2D eigenvalue weighted by atomic mass is 16.5. The Kier molecular flexibility index (Phi) is 8.79. The quantitative estimate of drug-likeness (QED) is 0.218. The van der Waals surface area contributed by atoms with Crippen LogP contribution in [0, 0.1) is 5.92 Å². The summed E-state index contributed by atoms with van der Waals surface area (Å²) in [6.07, 6.45) is 10.9. The standard InChI is InChI=1S/C37H44N10O5/c1-37(14-15-37)43-32-31-28(13-16-44(2)35(31)51)40-36(42-32)39-24-21-38-47(22-24)26-5-3-23(4-6-26)34(50)46-19-17-45(18-20-46)25-7-9-27(10-8-25)52-29-11-12-30(48)41-33(29)49/h7-10,13,16,21-23,26,29H,3-6,11-12,14-15,17-20H2,1-2H3,(H,41,48,49)(H2,39,40,42,43). The second kappa shape index (κ2) is 13.6. The predicted molar refractivity (Wildman–Crippen MR) is 195 cm³/mol. The molecule has 1 atom stereocenters. The zero-order valence-electron chi connectivity index (χ0n) is 29.5. The molecule has 1 aromatic carbocycles. The van der Waals surface area contributed by atoms with Crippen LogP contribution in [0.5, 0.6) is 5.75 Å². The Morgan fingerprint density at radius 1 is 0.962 bits per heavy atom. The first kappa shape index (κ1) is 33.7. The van der Waals surface area contributed by atoms with Gasteiger partial charge in [0.15, 0.2) is 6.10 Å². The van der Waals surface area contributed by atoms with Crippen LogP contribution in [0.4, 0.5) is 23.1 Å². The zero-order chi connectivity index (χ0) is 36.0. The highest BCUT2D eigenvalue weighted by molar-refractivity contribution is 6.00. The number of anilines is 4. The molecule has 3 aromatic heterocycles. The summed E-state index contributed by atoms with van der Waals surface area (Å²) in [4.78, 5) is 63.6. The molecule has 3 N–H and O–H groups in total. The van der Waals surface area contributed by atoms with Crippen molar-refractivity contribution in [2.75, 3.05) is 41.7 Å². The molecule has 3 amide bonds. The summed E-state index contributed by atoms with van der Waals surface area (Å²) in [5.74, 6) is 1.11. The average Bonchev–Trinajstić information content (AvgIpc) is 3.69. The molecule has 15 heteroatoms. The van der Waals surface area contributed by atoms with E-state index in [2.05, 4.69) is 37.9 Å². The van der Waals surface area contributed by atoms with Gasteiger partial charge in [-0.3, -0.25) is 29.2 Å². The fraction of sp³-hybridized carbons (Fsp3) is 0.486. The number of rotatable bonds is 9. The van der Waals surface area contributed by atoms with E-state index < -0.39 is 12.0 Å². The van der Waals surface area contributed by atoms with Crippen LogP contribution in [0.3, 0.4) is 0 Å². The molecule has 0 spiro atoms. The Balaban J connectivity index is 0.826. The summed E-state index contributed by atoms with van der Waals surface area (Å²) < 4.78 is 9.33. The molecule has 2 saturated carbocycles. The zero-order valence-corrected chi connectivity index (χ0v) is 29.5. The van der Waals surface area contributed by atoms with E-state index in [1.807, 2.05) is 46.1 Å². The van der Waals surface area contributed by atoms with Gasteiger partial charge < -0.3 is 29.7 Å². The molecule has 4 fully saturated rings. The maximum absolute atomic E-state index is 13.5. The van der Waals surface area contributed by atoms with Gasteiger partial charge in [-0.15, -0.1) is 0 Å². The van der Waals surface area contributed by atoms with Crippen LogP contribution in [0.1, 0.15) is 64.3 Å². The number of carbonyl (C=O) groups is 3. The van der Waals surface area contributed by atoms with Crippen molar-refractivity contribution in [3.63, 3.8) is 0 Å². The van der Waals surface area contributed by atoms with Crippen molar-refractivity contribution in [3.05, 3.63) is 59.3 Å². The molecule has 272 valence electrons. The molecule has 4 aliphatic rings. The van der Waals surface area contributed by atoms with E-state index in [0.717, 1.165) is 63.0 Å². The molecular weight excluding hydrogens is 664 g/mol. The van der Waals surface area contributed by atoms with Crippen LogP contribution in [-0.2, 0) is 21.4 Å². The number of hydrogen-bond donors (Lipinski definition) is 3. The SMILES string of the molecule is Cn1ccc2nc(Nc3cnn(C4CCC(C(=O)N5CCN(c6ccc(OC7CCC(=O)NC7=O)cc6)CC5)CC4)c3)nc(NC3(C)CC3)c2c1=O. The Morgan fingerprint density at radius 2 is 1.71 bits per heavy atom. The molecule has 5 heterocycles. The van der Waals surface area contributed by atoms with E-state index in [1.165, 1.54) is 0 Å². The number of aromatic nitrogens is 5. The minimum atomic E-state index is -0.662. The van der Waals surface area contributed by atoms with Gasteiger partial charge in [-0.25, -0.2) is 4.98 Å². The first-order valence-corrected chi connectivity index (χ1v) is 18.2. The third-order valence-corrected chi connectivity index (χ3v) is 10.9. The van der Waals surface area contributed by atoms with Crippen molar-refractivity contribution >= 4 is 51.8 Å². The summed E-state index contributed by atoms with van der Waals surface area (Å²) in [7, 11) is 1.73. The van der Waals surface area contributed by atoms with E-state index >= 15 is 0 Å². The number of fused-ring (bicyclic) bond motifs is 1. The maximum Gasteiger partial charge on any atom is 0.267 e. The molecular formula is C37H44N10O5. The van der Waals surface area contributed by atoms with Gasteiger partial charge in [0.1, 0.15) is 17.0 Å². The number of aryl methyl sites for hydroxylation is 1. The molecule has 8 rings (SSSR count). The van der Waals surface area contributed by atoms with E-state index in [4.69, 9.17) is 9.72 Å². The summed E-state index contributed by atoms with van der Waals surface area (Å²) in [5.41, 5.74) is 2.18. The van der Waals surface area contributed by atoms with Crippen molar-refractivity contribution in [2.24, 2.45) is 13.0 Å². The van der Waals surface area contributed by atoms with Gasteiger partial charge in [0.25, 0.3) is 11.5 Å². The molecule has 0 bridgehead atoms. The Hall–Kier alpha value is -5.47. The van der Waals surface area contributed by atoms with Gasteiger partial charge in [-0.05, 0) is 75.8 Å². The number of piperidine rings is 1. The number of benzene rings is 1. The van der Waals surface area contributed by atoms with Crippen molar-refractivity contribution in [3.8, 4) is 5.75 Å². The van der Waals surface area contributed by atoms with Crippen LogP contribution in [-0.4, -0.2) is 84.8 Å². The van der Waals surface area contributed by atoms with Crippen LogP contribution in [0.2, 0.25) is 0 Å². The Labute approximate surface area is 300 Å². The van der Waals surface area contributed by atoms with Crippen molar-refractivity contribution in [1.29, 1.82) is 0 Å². The Bertz CT molecular complexity index is 2060. The molecule has 2 saturated heterocycles. The number of pyridine rings is 1. The van der Waals surface area contributed by atoms with Crippen molar-refractivity contribution in [1.82, 2.24) is 34.5 Å². The molecule has 4 aromatic rings. The lowest BCUT2D eigenvalue weighted by molar-refractivity contribution is -0.139. The smallest absolute Gasteiger partial charge is 0.267 e. The second-order valence-corrected chi connectivity index (χ2v) is 14.8. The summed E-state index contributed by atoms with van der Waals surface area (Å²) in [5, 5.41) is 14.2. The Morgan fingerprint density at radius 3 is 2.42 bits per heavy atom. The number of ether oxygens (including phenoxy) is 1.